The fourth-order valence-corrected chi connectivity index (χ4v) is 3.22. The third-order valence-corrected chi connectivity index (χ3v) is 4.65. The molecule has 158 valence electrons. The number of halogens is 1. The molecule has 0 bridgehead atoms. The van der Waals surface area contributed by atoms with E-state index in [9.17, 15) is 19.4 Å². The highest BCUT2D eigenvalue weighted by Crippen LogP contribution is 2.31. The number of Topliss-reactive ketones (excluding diaryl/α,β-unsaturated/α-hetero) is 1. The fourth-order valence-electron chi connectivity index (χ4n) is 3.22. The van der Waals surface area contributed by atoms with Gasteiger partial charge in [-0.15, -0.1) is 0 Å². The minimum Gasteiger partial charge on any atom is -0.494 e. The van der Waals surface area contributed by atoms with Crippen LogP contribution in [0.2, 0.25) is 0 Å². The Kier molecular flexibility index (Phi) is 8.72. The summed E-state index contributed by atoms with van der Waals surface area (Å²) in [6.07, 6.45) is -2.35. The van der Waals surface area contributed by atoms with Gasteiger partial charge >= 0.3 is 0 Å². The maximum Gasteiger partial charge on any atom is 0.192 e. The van der Waals surface area contributed by atoms with Crippen LogP contribution in [-0.2, 0) is 16.0 Å². The van der Waals surface area contributed by atoms with Crippen LogP contribution in [-0.4, -0.2) is 53.6 Å². The number of aliphatic hydroxyl groups excluding tert-OH is 3. The van der Waals surface area contributed by atoms with E-state index in [0.29, 0.717) is 24.2 Å². The first-order valence-corrected chi connectivity index (χ1v) is 9.44. The highest BCUT2D eigenvalue weighted by molar-refractivity contribution is 5.88. The lowest BCUT2D eigenvalue weighted by molar-refractivity contribution is -0.161. The lowest BCUT2D eigenvalue weighted by atomic mass is 9.93. The second kappa shape index (κ2) is 11.0. The van der Waals surface area contributed by atoms with Gasteiger partial charge in [0.15, 0.2) is 5.78 Å². The summed E-state index contributed by atoms with van der Waals surface area (Å²) in [5, 5.41) is 26.2. The molecule has 0 amide bonds. The average Bonchev–Trinajstić information content (AvgIpc) is 2.74. The van der Waals surface area contributed by atoms with Crippen LogP contribution in [0.1, 0.15) is 36.1 Å². The second-order valence-electron chi connectivity index (χ2n) is 6.55. The van der Waals surface area contributed by atoms with Crippen molar-refractivity contribution in [1.82, 2.24) is 0 Å². The molecule has 1 aliphatic heterocycles. The number of aliphatic hydroxyl groups is 3. The third-order valence-electron chi connectivity index (χ3n) is 4.65. The fraction of sp³-hybridized carbons (Fsp3) is 0.409. The zero-order chi connectivity index (χ0) is 21.4. The van der Waals surface area contributed by atoms with E-state index in [1.807, 2.05) is 31.2 Å². The molecule has 7 heteroatoms. The molecule has 1 aliphatic rings. The monoisotopic (exact) mass is 406 g/mol. The summed E-state index contributed by atoms with van der Waals surface area (Å²) in [5.41, 5.74) is 2.09. The summed E-state index contributed by atoms with van der Waals surface area (Å²) >= 11 is 0. The lowest BCUT2D eigenvalue weighted by Crippen LogP contribution is -2.43. The molecule has 0 aliphatic carbocycles. The van der Waals surface area contributed by atoms with Gasteiger partial charge in [0, 0.05) is 20.0 Å². The van der Waals surface area contributed by atoms with Crippen LogP contribution < -0.4 is 4.74 Å². The molecular formula is C22H27FO6. The number of ketones is 1. The summed E-state index contributed by atoms with van der Waals surface area (Å²) in [4.78, 5) is 11.8. The van der Waals surface area contributed by atoms with E-state index in [4.69, 9.17) is 14.6 Å². The SMILES string of the molecule is CCOc1ccc(Cc2cc(C3CC(O)C(=O)C(CO)O3)ccc2F)cc1.CO. The molecule has 3 unspecified atom stereocenters. The second-order valence-corrected chi connectivity index (χ2v) is 6.55. The third kappa shape index (κ3) is 5.83. The standard InChI is InChI=1S/C21H23FO5.CH4O/c1-2-26-16-6-3-13(4-7-16)9-15-10-14(5-8-17(15)22)19-11-18(24)21(25)20(12-23)27-19;1-2/h3-8,10,18-20,23-24H,2,9,11-12H2,1H3;2H,1H3. The van der Waals surface area contributed by atoms with Gasteiger partial charge in [-0.05, 0) is 47.9 Å². The Morgan fingerprint density at radius 2 is 1.86 bits per heavy atom. The Morgan fingerprint density at radius 3 is 2.48 bits per heavy atom. The zero-order valence-corrected chi connectivity index (χ0v) is 16.5. The molecule has 3 rings (SSSR count). The van der Waals surface area contributed by atoms with Gasteiger partial charge in [0.05, 0.1) is 19.3 Å². The molecule has 3 N–H and O–H groups in total. The zero-order valence-electron chi connectivity index (χ0n) is 16.5. The largest absolute Gasteiger partial charge is 0.494 e. The van der Waals surface area contributed by atoms with Gasteiger partial charge in [0.2, 0.25) is 0 Å². The Balaban J connectivity index is 0.00000145. The number of ether oxygens (including phenoxy) is 2. The first-order chi connectivity index (χ1) is 14.0. The molecular weight excluding hydrogens is 379 g/mol. The van der Waals surface area contributed by atoms with Gasteiger partial charge in [0.25, 0.3) is 0 Å². The van der Waals surface area contributed by atoms with Gasteiger partial charge in [0.1, 0.15) is 23.8 Å². The number of rotatable bonds is 6. The quantitative estimate of drug-likeness (QED) is 0.681. The van der Waals surface area contributed by atoms with Crippen molar-refractivity contribution in [3.63, 3.8) is 0 Å². The van der Waals surface area contributed by atoms with Crippen LogP contribution in [0.4, 0.5) is 4.39 Å². The van der Waals surface area contributed by atoms with E-state index in [-0.39, 0.29) is 12.2 Å². The van der Waals surface area contributed by atoms with E-state index in [1.165, 1.54) is 6.07 Å². The molecule has 0 saturated carbocycles. The molecule has 0 aromatic heterocycles. The molecule has 2 aromatic rings. The summed E-state index contributed by atoms with van der Waals surface area (Å²) in [6.45, 7) is 2.00. The van der Waals surface area contributed by atoms with E-state index in [2.05, 4.69) is 0 Å². The molecule has 29 heavy (non-hydrogen) atoms. The predicted molar refractivity (Wildman–Crippen MR) is 105 cm³/mol. The van der Waals surface area contributed by atoms with Crippen molar-refractivity contribution in [2.24, 2.45) is 0 Å². The Labute approximate surface area is 169 Å². The topological polar surface area (TPSA) is 96.2 Å². The van der Waals surface area contributed by atoms with E-state index >= 15 is 0 Å². The van der Waals surface area contributed by atoms with Crippen molar-refractivity contribution in [3.8, 4) is 5.75 Å². The van der Waals surface area contributed by atoms with Crippen molar-refractivity contribution < 1.29 is 34.0 Å². The Bertz CT molecular complexity index is 792. The number of benzene rings is 2. The van der Waals surface area contributed by atoms with Crippen LogP contribution in [0.3, 0.4) is 0 Å². The number of hydrogen-bond acceptors (Lipinski definition) is 6. The molecule has 1 heterocycles. The first kappa shape index (κ1) is 23.0. The van der Waals surface area contributed by atoms with Crippen LogP contribution >= 0.6 is 0 Å². The molecule has 1 saturated heterocycles. The smallest absolute Gasteiger partial charge is 0.192 e. The lowest BCUT2D eigenvalue weighted by Gasteiger charge is -2.31. The van der Waals surface area contributed by atoms with E-state index in [0.717, 1.165) is 18.4 Å². The first-order valence-electron chi connectivity index (χ1n) is 9.44. The van der Waals surface area contributed by atoms with Gasteiger partial charge in [-0.25, -0.2) is 4.39 Å². The summed E-state index contributed by atoms with van der Waals surface area (Å²) in [5.74, 6) is -0.0935. The number of carbonyl (C=O) groups excluding carboxylic acids is 1. The van der Waals surface area contributed by atoms with Crippen LogP contribution in [0.5, 0.6) is 5.75 Å². The van der Waals surface area contributed by atoms with Gasteiger partial charge in [-0.3, -0.25) is 4.79 Å². The highest BCUT2D eigenvalue weighted by Gasteiger charge is 2.36. The number of hydrogen-bond donors (Lipinski definition) is 3. The predicted octanol–water partition coefficient (Wildman–Crippen LogP) is 2.18. The Hall–Kier alpha value is -2.32. The molecule has 2 aromatic carbocycles. The van der Waals surface area contributed by atoms with Gasteiger partial charge in [-0.1, -0.05) is 18.2 Å². The van der Waals surface area contributed by atoms with Crippen LogP contribution in [0.15, 0.2) is 42.5 Å². The van der Waals surface area contributed by atoms with Crippen molar-refractivity contribution in [2.45, 2.75) is 38.1 Å². The van der Waals surface area contributed by atoms with Gasteiger partial charge < -0.3 is 24.8 Å². The minimum absolute atomic E-state index is 0.0868. The van der Waals surface area contributed by atoms with Crippen LogP contribution in [0, 0.1) is 5.82 Å². The maximum absolute atomic E-state index is 14.3. The molecule has 0 radical (unpaired) electrons. The highest BCUT2D eigenvalue weighted by atomic mass is 19.1. The summed E-state index contributed by atoms with van der Waals surface area (Å²) < 4.78 is 25.3. The average molecular weight is 406 g/mol. The molecule has 3 atom stereocenters. The molecule has 1 fully saturated rings. The normalized spacial score (nSPS) is 21.3. The van der Waals surface area contributed by atoms with E-state index < -0.39 is 30.7 Å². The maximum atomic E-state index is 14.3. The van der Waals surface area contributed by atoms with E-state index in [1.54, 1.807) is 12.1 Å². The Morgan fingerprint density at radius 1 is 1.17 bits per heavy atom. The summed E-state index contributed by atoms with van der Waals surface area (Å²) in [6, 6.07) is 12.1. The van der Waals surface area contributed by atoms with Gasteiger partial charge in [-0.2, -0.15) is 0 Å². The molecule has 0 spiro atoms. The van der Waals surface area contributed by atoms with Crippen LogP contribution in [0.25, 0.3) is 0 Å². The number of carbonyl (C=O) groups is 1. The van der Waals surface area contributed by atoms with Crippen molar-refractivity contribution in [2.75, 3.05) is 20.3 Å². The van der Waals surface area contributed by atoms with Crippen molar-refractivity contribution in [3.05, 3.63) is 65.0 Å². The van der Waals surface area contributed by atoms with Crippen molar-refractivity contribution >= 4 is 5.78 Å². The van der Waals surface area contributed by atoms with Crippen molar-refractivity contribution in [1.29, 1.82) is 0 Å². The molecule has 6 nitrogen and oxygen atoms in total. The summed E-state index contributed by atoms with van der Waals surface area (Å²) in [7, 11) is 1.00. The minimum atomic E-state index is -1.19.